The number of carboxylic acids is 1. The van der Waals surface area contributed by atoms with Gasteiger partial charge in [-0.05, 0) is 56.3 Å². The predicted octanol–water partition coefficient (Wildman–Crippen LogP) is 4.54. The lowest BCUT2D eigenvalue weighted by Gasteiger charge is -2.23. The van der Waals surface area contributed by atoms with Crippen molar-refractivity contribution in [3.63, 3.8) is 0 Å². The lowest BCUT2D eigenvalue weighted by molar-refractivity contribution is -0.157. The molecule has 9 heteroatoms. The number of rotatable bonds is 8. The summed E-state index contributed by atoms with van der Waals surface area (Å²) in [5.74, 6) is -4.56. The van der Waals surface area contributed by atoms with E-state index >= 15 is 0 Å². The maximum atomic E-state index is 13.1. The molecule has 3 aromatic carbocycles. The van der Waals surface area contributed by atoms with E-state index < -0.39 is 36.0 Å². The predicted molar refractivity (Wildman–Crippen MR) is 131 cm³/mol. The van der Waals surface area contributed by atoms with E-state index in [-0.39, 0.29) is 11.1 Å². The molecule has 3 rings (SSSR count). The van der Waals surface area contributed by atoms with Gasteiger partial charge in [0.15, 0.2) is 0 Å². The Balaban J connectivity index is 1.92. The Hall–Kier alpha value is -3.98. The Labute approximate surface area is 210 Å². The molecule has 1 amide bonds. The van der Waals surface area contributed by atoms with E-state index in [9.17, 15) is 24.3 Å². The molecule has 2 N–H and O–H groups in total. The zero-order valence-corrected chi connectivity index (χ0v) is 20.4. The minimum absolute atomic E-state index is 0.0902. The molecule has 35 heavy (non-hydrogen) atoms. The third-order valence-electron chi connectivity index (χ3n) is 4.84. The van der Waals surface area contributed by atoms with Gasteiger partial charge in [0.25, 0.3) is 5.91 Å². The van der Waals surface area contributed by atoms with Crippen LogP contribution in [0.2, 0.25) is 0 Å². The fourth-order valence-electron chi connectivity index (χ4n) is 3.18. The molecule has 0 fully saturated rings. The number of nitrogens with one attached hydrogen (secondary N) is 1. The molecule has 0 spiro atoms. The number of anilines is 1. The number of carboxylic acid groups (broad SMARTS) is 1. The molecule has 0 saturated heterocycles. The summed E-state index contributed by atoms with van der Waals surface area (Å²) in [4.78, 5) is 50.7. The zero-order chi connectivity index (χ0) is 25.5. The van der Waals surface area contributed by atoms with Crippen LogP contribution in [0.25, 0.3) is 0 Å². The van der Waals surface area contributed by atoms with Gasteiger partial charge < -0.3 is 19.9 Å². The van der Waals surface area contributed by atoms with E-state index in [0.29, 0.717) is 10.2 Å². The van der Waals surface area contributed by atoms with E-state index in [2.05, 4.69) is 21.2 Å². The molecule has 0 heterocycles. The van der Waals surface area contributed by atoms with Gasteiger partial charge in [0.1, 0.15) is 0 Å². The van der Waals surface area contributed by atoms with Crippen LogP contribution in [0.5, 0.6) is 0 Å². The first-order chi connectivity index (χ1) is 16.6. The monoisotopic (exact) mass is 539 g/mol. The van der Waals surface area contributed by atoms with Crippen molar-refractivity contribution in [1.29, 1.82) is 0 Å². The van der Waals surface area contributed by atoms with Crippen LogP contribution >= 0.6 is 15.9 Å². The van der Waals surface area contributed by atoms with Crippen LogP contribution in [-0.4, -0.2) is 41.1 Å². The second-order valence-electron chi connectivity index (χ2n) is 7.73. The smallest absolute Gasteiger partial charge is 0.349 e. The van der Waals surface area contributed by atoms with Gasteiger partial charge in [0.2, 0.25) is 12.2 Å². The highest BCUT2D eigenvalue weighted by atomic mass is 79.9. The fraction of sp³-hybridized carbons (Fsp3) is 0.154. The molecule has 3 aromatic rings. The van der Waals surface area contributed by atoms with E-state index in [1.165, 1.54) is 24.3 Å². The van der Waals surface area contributed by atoms with Crippen molar-refractivity contribution in [2.24, 2.45) is 0 Å². The Kier molecular flexibility index (Phi) is 8.38. The standard InChI is InChI=1S/C26H22BrNO7/c1-15-6-3-8-17(12-15)25(32)34-21(23(29)28-20-11-5-10-19(27)14-20)22(24(30)31)35-26(33)18-9-4-7-16(2)13-18/h3-14,21-22H,1-2H3,(H,28,29)(H,30,31)/t21-,22+/m1/s1. The number of carbonyl (C=O) groups excluding carboxylic acids is 3. The Morgan fingerprint density at radius 3 is 1.77 bits per heavy atom. The number of esters is 2. The van der Waals surface area contributed by atoms with E-state index in [0.717, 1.165) is 11.1 Å². The molecule has 8 nitrogen and oxygen atoms in total. The van der Waals surface area contributed by atoms with Crippen molar-refractivity contribution in [3.8, 4) is 0 Å². The first-order valence-electron chi connectivity index (χ1n) is 10.5. The van der Waals surface area contributed by atoms with Crippen LogP contribution in [0.1, 0.15) is 31.8 Å². The Bertz CT molecular complexity index is 1270. The summed E-state index contributed by atoms with van der Waals surface area (Å²) < 4.78 is 11.1. The first kappa shape index (κ1) is 25.6. The topological polar surface area (TPSA) is 119 Å². The summed E-state index contributed by atoms with van der Waals surface area (Å²) in [5, 5.41) is 12.3. The summed E-state index contributed by atoms with van der Waals surface area (Å²) in [6.07, 6.45) is -4.09. The maximum absolute atomic E-state index is 13.1. The minimum atomic E-state index is -2.11. The molecular weight excluding hydrogens is 518 g/mol. The van der Waals surface area contributed by atoms with Crippen LogP contribution in [0.15, 0.2) is 77.3 Å². The average molecular weight is 540 g/mol. The minimum Gasteiger partial charge on any atom is -0.478 e. The lowest BCUT2D eigenvalue weighted by atomic mass is 10.1. The summed E-state index contributed by atoms with van der Waals surface area (Å²) in [6.45, 7) is 3.52. The maximum Gasteiger partial charge on any atom is 0.349 e. The number of hydrogen-bond donors (Lipinski definition) is 2. The number of amides is 1. The average Bonchev–Trinajstić information content (AvgIpc) is 2.80. The van der Waals surface area contributed by atoms with Gasteiger partial charge >= 0.3 is 17.9 Å². The highest BCUT2D eigenvalue weighted by Crippen LogP contribution is 2.19. The Morgan fingerprint density at radius 2 is 1.29 bits per heavy atom. The summed E-state index contributed by atoms with van der Waals surface area (Å²) >= 11 is 3.28. The van der Waals surface area contributed by atoms with Gasteiger partial charge in [-0.25, -0.2) is 14.4 Å². The van der Waals surface area contributed by atoms with Gasteiger partial charge in [0, 0.05) is 10.2 Å². The Morgan fingerprint density at radius 1 is 0.771 bits per heavy atom. The third kappa shape index (κ3) is 7.00. The van der Waals surface area contributed by atoms with Gasteiger partial charge in [0.05, 0.1) is 11.1 Å². The zero-order valence-electron chi connectivity index (χ0n) is 18.9. The highest BCUT2D eigenvalue weighted by molar-refractivity contribution is 9.10. The lowest BCUT2D eigenvalue weighted by Crippen LogP contribution is -2.48. The van der Waals surface area contributed by atoms with Crippen molar-refractivity contribution in [2.45, 2.75) is 26.1 Å². The molecular formula is C26H22BrNO7. The van der Waals surface area contributed by atoms with Gasteiger partial charge in [-0.15, -0.1) is 0 Å². The molecule has 0 aromatic heterocycles. The summed E-state index contributed by atoms with van der Waals surface area (Å²) in [6, 6.07) is 19.2. The fourth-order valence-corrected chi connectivity index (χ4v) is 3.58. The SMILES string of the molecule is Cc1cccc(C(=O)O[C@H](C(=O)O)[C@@H](OC(=O)c2cccc(C)c2)C(=O)Nc2cccc(Br)c2)c1. The van der Waals surface area contributed by atoms with Gasteiger partial charge in [-0.2, -0.15) is 0 Å². The van der Waals surface area contributed by atoms with Crippen LogP contribution in [0.3, 0.4) is 0 Å². The molecule has 0 aliphatic rings. The largest absolute Gasteiger partial charge is 0.478 e. The van der Waals surface area contributed by atoms with Crippen molar-refractivity contribution < 1.29 is 33.8 Å². The van der Waals surface area contributed by atoms with Crippen molar-refractivity contribution >= 4 is 45.4 Å². The number of carbonyl (C=O) groups is 4. The van der Waals surface area contributed by atoms with Gasteiger partial charge in [-0.3, -0.25) is 4.79 Å². The van der Waals surface area contributed by atoms with Crippen LogP contribution in [0.4, 0.5) is 5.69 Å². The van der Waals surface area contributed by atoms with E-state index in [1.807, 2.05) is 0 Å². The quantitative estimate of drug-likeness (QED) is 0.403. The van der Waals surface area contributed by atoms with Crippen LogP contribution in [-0.2, 0) is 19.1 Å². The number of aliphatic carboxylic acids is 1. The molecule has 0 saturated carbocycles. The molecule has 2 atom stereocenters. The number of ether oxygens (including phenoxy) is 2. The van der Waals surface area contributed by atoms with Gasteiger partial charge in [-0.1, -0.05) is 57.4 Å². The number of benzene rings is 3. The number of halogens is 1. The highest BCUT2D eigenvalue weighted by Gasteiger charge is 2.41. The number of hydrogen-bond acceptors (Lipinski definition) is 6. The molecule has 180 valence electrons. The van der Waals surface area contributed by atoms with Crippen molar-refractivity contribution in [1.82, 2.24) is 0 Å². The van der Waals surface area contributed by atoms with E-state index in [4.69, 9.17) is 9.47 Å². The summed E-state index contributed by atoms with van der Waals surface area (Å²) in [5.41, 5.74) is 2.03. The molecule has 0 unspecified atom stereocenters. The number of aryl methyl sites for hydroxylation is 2. The summed E-state index contributed by atoms with van der Waals surface area (Å²) in [7, 11) is 0. The van der Waals surface area contributed by atoms with Crippen molar-refractivity contribution in [2.75, 3.05) is 5.32 Å². The van der Waals surface area contributed by atoms with Crippen LogP contribution < -0.4 is 5.32 Å². The normalized spacial score (nSPS) is 12.2. The second kappa shape index (κ2) is 11.4. The second-order valence-corrected chi connectivity index (χ2v) is 8.64. The van der Waals surface area contributed by atoms with Crippen LogP contribution in [0, 0.1) is 13.8 Å². The van der Waals surface area contributed by atoms with E-state index in [1.54, 1.807) is 62.4 Å². The molecule has 0 radical (unpaired) electrons. The first-order valence-corrected chi connectivity index (χ1v) is 11.3. The third-order valence-corrected chi connectivity index (χ3v) is 5.34. The molecule has 0 bridgehead atoms. The molecule has 0 aliphatic heterocycles. The van der Waals surface area contributed by atoms with Crippen molar-refractivity contribution in [3.05, 3.63) is 99.5 Å². The molecule has 0 aliphatic carbocycles.